The minimum Gasteiger partial charge on any atom is -0.334 e. The van der Waals surface area contributed by atoms with Crippen LogP contribution in [-0.4, -0.2) is 32.8 Å². The lowest BCUT2D eigenvalue weighted by molar-refractivity contribution is -0.129. The minimum atomic E-state index is -0.00545. The lowest BCUT2D eigenvalue weighted by Crippen LogP contribution is -2.38. The first-order valence-electron chi connectivity index (χ1n) is 4.14. The Hall–Kier alpha value is -0.740. The van der Waals surface area contributed by atoms with Gasteiger partial charge in [0.15, 0.2) is 0 Å². The predicted octanol–water partition coefficient (Wildman–Crippen LogP) is 0.886. The van der Waals surface area contributed by atoms with Crippen LogP contribution in [0.2, 0.25) is 0 Å². The SMILES string of the molecule is Cl.O=C(CCl)N1CCn2cncc2C1. The van der Waals surface area contributed by atoms with Gasteiger partial charge in [-0.2, -0.15) is 0 Å². The summed E-state index contributed by atoms with van der Waals surface area (Å²) in [5.74, 6) is 0.0582. The zero-order valence-electron chi connectivity index (χ0n) is 7.52. The van der Waals surface area contributed by atoms with E-state index in [2.05, 4.69) is 9.55 Å². The maximum atomic E-state index is 11.3. The first-order valence-corrected chi connectivity index (χ1v) is 4.67. The molecule has 0 bridgehead atoms. The van der Waals surface area contributed by atoms with E-state index in [1.54, 1.807) is 17.4 Å². The summed E-state index contributed by atoms with van der Waals surface area (Å²) < 4.78 is 2.05. The average molecular weight is 236 g/mol. The minimum absolute atomic E-state index is 0. The van der Waals surface area contributed by atoms with E-state index < -0.39 is 0 Å². The topological polar surface area (TPSA) is 38.1 Å². The Labute approximate surface area is 93.3 Å². The Morgan fingerprint density at radius 3 is 3.07 bits per heavy atom. The van der Waals surface area contributed by atoms with Gasteiger partial charge < -0.3 is 9.47 Å². The number of amides is 1. The number of alkyl halides is 1. The number of hydrogen-bond acceptors (Lipinski definition) is 2. The molecule has 1 aliphatic heterocycles. The van der Waals surface area contributed by atoms with Crippen molar-refractivity contribution >= 4 is 29.9 Å². The van der Waals surface area contributed by atoms with Crippen molar-refractivity contribution in [2.75, 3.05) is 12.4 Å². The van der Waals surface area contributed by atoms with Crippen LogP contribution in [0.4, 0.5) is 0 Å². The second-order valence-corrected chi connectivity index (χ2v) is 3.29. The van der Waals surface area contributed by atoms with Crippen molar-refractivity contribution in [3.05, 3.63) is 18.2 Å². The van der Waals surface area contributed by atoms with Crippen molar-refractivity contribution in [1.82, 2.24) is 14.5 Å². The molecule has 0 N–H and O–H groups in total. The quantitative estimate of drug-likeness (QED) is 0.679. The second kappa shape index (κ2) is 4.66. The van der Waals surface area contributed by atoms with Crippen LogP contribution < -0.4 is 0 Å². The zero-order valence-corrected chi connectivity index (χ0v) is 9.09. The van der Waals surface area contributed by atoms with Crippen molar-refractivity contribution < 1.29 is 4.79 Å². The van der Waals surface area contributed by atoms with E-state index in [-0.39, 0.29) is 24.2 Å². The number of aromatic nitrogens is 2. The van der Waals surface area contributed by atoms with Gasteiger partial charge in [-0.05, 0) is 0 Å². The molecule has 0 aliphatic carbocycles. The first kappa shape index (κ1) is 11.3. The molecule has 1 amide bonds. The van der Waals surface area contributed by atoms with Gasteiger partial charge >= 0.3 is 0 Å². The number of halogens is 2. The Morgan fingerprint density at radius 1 is 1.57 bits per heavy atom. The summed E-state index contributed by atoms with van der Waals surface area (Å²) in [7, 11) is 0. The van der Waals surface area contributed by atoms with Crippen LogP contribution in [0.25, 0.3) is 0 Å². The van der Waals surface area contributed by atoms with Crippen LogP contribution in [0, 0.1) is 0 Å². The van der Waals surface area contributed by atoms with Gasteiger partial charge in [-0.3, -0.25) is 4.79 Å². The molecule has 0 radical (unpaired) electrons. The highest BCUT2D eigenvalue weighted by atomic mass is 35.5. The molecule has 2 heterocycles. The monoisotopic (exact) mass is 235 g/mol. The summed E-state index contributed by atoms with van der Waals surface area (Å²) in [4.78, 5) is 17.0. The number of hydrogen-bond donors (Lipinski definition) is 0. The number of carbonyl (C=O) groups excluding carboxylic acids is 1. The molecule has 4 nitrogen and oxygen atoms in total. The Morgan fingerprint density at radius 2 is 2.36 bits per heavy atom. The first-order chi connectivity index (χ1) is 6.31. The molecule has 14 heavy (non-hydrogen) atoms. The Kier molecular flexibility index (Phi) is 3.77. The highest BCUT2D eigenvalue weighted by Gasteiger charge is 2.19. The van der Waals surface area contributed by atoms with Crippen molar-refractivity contribution in [3.63, 3.8) is 0 Å². The van der Waals surface area contributed by atoms with Crippen molar-refractivity contribution in [2.45, 2.75) is 13.1 Å². The largest absolute Gasteiger partial charge is 0.334 e. The van der Waals surface area contributed by atoms with Crippen LogP contribution in [-0.2, 0) is 17.9 Å². The van der Waals surface area contributed by atoms with E-state index >= 15 is 0 Å². The molecule has 6 heteroatoms. The molecule has 1 aromatic rings. The van der Waals surface area contributed by atoms with Gasteiger partial charge in [-0.1, -0.05) is 0 Å². The molecular formula is C8H11Cl2N3O. The van der Waals surface area contributed by atoms with E-state index in [0.29, 0.717) is 6.54 Å². The summed E-state index contributed by atoms with van der Waals surface area (Å²) in [6.45, 7) is 2.18. The standard InChI is InChI=1S/C8H10ClN3O.ClH/c9-3-8(13)11-1-2-12-6-10-4-7(12)5-11;/h4,6H,1-3,5H2;1H. The number of nitrogens with zero attached hydrogens (tertiary/aromatic N) is 3. The smallest absolute Gasteiger partial charge is 0.237 e. The van der Waals surface area contributed by atoms with Crippen LogP contribution in [0.3, 0.4) is 0 Å². The third kappa shape index (κ3) is 2.01. The van der Waals surface area contributed by atoms with Gasteiger partial charge in [0, 0.05) is 19.3 Å². The van der Waals surface area contributed by atoms with Gasteiger partial charge in [0.2, 0.25) is 5.91 Å². The Bertz CT molecular complexity index is 326. The van der Waals surface area contributed by atoms with Crippen LogP contribution in [0.1, 0.15) is 5.69 Å². The number of imidazole rings is 1. The molecule has 0 atom stereocenters. The summed E-state index contributed by atoms with van der Waals surface area (Å²) in [6, 6.07) is 0. The zero-order chi connectivity index (χ0) is 9.26. The molecule has 0 saturated carbocycles. The van der Waals surface area contributed by atoms with Gasteiger partial charge in [-0.25, -0.2) is 4.98 Å². The van der Waals surface area contributed by atoms with Gasteiger partial charge in [0.25, 0.3) is 0 Å². The molecule has 0 saturated heterocycles. The van der Waals surface area contributed by atoms with Crippen molar-refractivity contribution in [2.24, 2.45) is 0 Å². The van der Waals surface area contributed by atoms with E-state index in [0.717, 1.165) is 18.8 Å². The summed E-state index contributed by atoms with van der Waals surface area (Å²) in [5, 5.41) is 0. The van der Waals surface area contributed by atoms with E-state index in [4.69, 9.17) is 11.6 Å². The molecule has 0 unspecified atom stereocenters. The molecular weight excluding hydrogens is 225 g/mol. The van der Waals surface area contributed by atoms with E-state index in [1.807, 2.05) is 0 Å². The lowest BCUT2D eigenvalue weighted by atomic mass is 10.3. The number of carbonyl (C=O) groups is 1. The maximum Gasteiger partial charge on any atom is 0.237 e. The van der Waals surface area contributed by atoms with Crippen LogP contribution in [0.5, 0.6) is 0 Å². The number of rotatable bonds is 1. The summed E-state index contributed by atoms with van der Waals surface area (Å²) >= 11 is 5.47. The fourth-order valence-electron chi connectivity index (χ4n) is 1.48. The Balaban J connectivity index is 0.000000980. The van der Waals surface area contributed by atoms with Crippen molar-refractivity contribution in [1.29, 1.82) is 0 Å². The highest BCUT2D eigenvalue weighted by molar-refractivity contribution is 6.27. The van der Waals surface area contributed by atoms with Gasteiger partial charge in [0.05, 0.1) is 18.6 Å². The maximum absolute atomic E-state index is 11.3. The third-order valence-electron chi connectivity index (χ3n) is 2.23. The molecule has 0 aromatic carbocycles. The molecule has 2 rings (SSSR count). The molecule has 0 fully saturated rings. The fraction of sp³-hybridized carbons (Fsp3) is 0.500. The average Bonchev–Trinajstić information content (AvgIpc) is 2.63. The van der Waals surface area contributed by atoms with Crippen molar-refractivity contribution in [3.8, 4) is 0 Å². The fourth-order valence-corrected chi connectivity index (χ4v) is 1.65. The predicted molar refractivity (Wildman–Crippen MR) is 55.6 cm³/mol. The summed E-state index contributed by atoms with van der Waals surface area (Å²) in [6.07, 6.45) is 3.57. The van der Waals surface area contributed by atoms with Crippen LogP contribution in [0.15, 0.2) is 12.5 Å². The van der Waals surface area contributed by atoms with E-state index in [1.165, 1.54) is 0 Å². The highest BCUT2D eigenvalue weighted by Crippen LogP contribution is 2.11. The van der Waals surface area contributed by atoms with E-state index in [9.17, 15) is 4.79 Å². The summed E-state index contributed by atoms with van der Waals surface area (Å²) in [5.41, 5.74) is 1.07. The molecule has 1 aromatic heterocycles. The second-order valence-electron chi connectivity index (χ2n) is 3.03. The van der Waals surface area contributed by atoms with Gasteiger partial charge in [0.1, 0.15) is 5.88 Å². The van der Waals surface area contributed by atoms with Crippen LogP contribution >= 0.6 is 24.0 Å². The normalized spacial score (nSPS) is 14.5. The molecule has 0 spiro atoms. The third-order valence-corrected chi connectivity index (χ3v) is 2.46. The van der Waals surface area contributed by atoms with Gasteiger partial charge in [-0.15, -0.1) is 24.0 Å². The molecule has 78 valence electrons. The number of fused-ring (bicyclic) bond motifs is 1. The molecule has 1 aliphatic rings. The lowest BCUT2D eigenvalue weighted by Gasteiger charge is -2.27.